The lowest BCUT2D eigenvalue weighted by Gasteiger charge is -2.35. The van der Waals surface area contributed by atoms with Gasteiger partial charge in [-0.1, -0.05) is 30.3 Å². The lowest BCUT2D eigenvalue weighted by Crippen LogP contribution is -2.43. The fraction of sp³-hybridized carbons (Fsp3) is 0.316. The maximum absolute atomic E-state index is 11.6. The summed E-state index contributed by atoms with van der Waals surface area (Å²) in [5, 5.41) is 0. The molecule has 2 aromatic carbocycles. The van der Waals surface area contributed by atoms with Crippen molar-refractivity contribution in [3.05, 3.63) is 54.1 Å². The van der Waals surface area contributed by atoms with Gasteiger partial charge >= 0.3 is 0 Å². The summed E-state index contributed by atoms with van der Waals surface area (Å²) < 4.78 is 23.2. The van der Waals surface area contributed by atoms with Crippen LogP contribution in [-0.2, 0) is 15.4 Å². The van der Waals surface area contributed by atoms with Gasteiger partial charge in [-0.05, 0) is 48.2 Å². The summed E-state index contributed by atoms with van der Waals surface area (Å²) in [4.78, 5) is 6.97. The Morgan fingerprint density at radius 3 is 2.40 bits per heavy atom. The third-order valence-corrected chi connectivity index (χ3v) is 5.92. The standard InChI is InChI=1S/C19H23N3O2S/c1-19(11-12-22(2)18(20)21-19)16-6-4-5-15(13-16)14-7-9-17(10-8-14)25(3,23)24/h4-10,13H,11-12H2,1-3H3,(H2,20,21). The predicted molar refractivity (Wildman–Crippen MR) is 101 cm³/mol. The highest BCUT2D eigenvalue weighted by molar-refractivity contribution is 7.90. The monoisotopic (exact) mass is 357 g/mol. The molecule has 1 atom stereocenters. The predicted octanol–water partition coefficient (Wildman–Crippen LogP) is 2.62. The third-order valence-electron chi connectivity index (χ3n) is 4.79. The number of rotatable bonds is 3. The van der Waals surface area contributed by atoms with Gasteiger partial charge in [-0.15, -0.1) is 0 Å². The molecule has 1 unspecified atom stereocenters. The smallest absolute Gasteiger partial charge is 0.191 e. The van der Waals surface area contributed by atoms with E-state index in [2.05, 4.69) is 24.0 Å². The van der Waals surface area contributed by atoms with Crippen LogP contribution in [0, 0.1) is 0 Å². The summed E-state index contributed by atoms with van der Waals surface area (Å²) in [5.41, 5.74) is 8.78. The molecule has 0 spiro atoms. The molecule has 5 nitrogen and oxygen atoms in total. The van der Waals surface area contributed by atoms with Crippen LogP contribution in [0.3, 0.4) is 0 Å². The van der Waals surface area contributed by atoms with E-state index in [0.717, 1.165) is 29.7 Å². The molecule has 0 radical (unpaired) electrons. The van der Waals surface area contributed by atoms with E-state index >= 15 is 0 Å². The number of benzene rings is 2. The average Bonchev–Trinajstić information content (AvgIpc) is 2.58. The van der Waals surface area contributed by atoms with Gasteiger partial charge in [0, 0.05) is 19.8 Å². The fourth-order valence-corrected chi connectivity index (χ4v) is 3.66. The minimum Gasteiger partial charge on any atom is -0.370 e. The van der Waals surface area contributed by atoms with Gasteiger partial charge in [0.05, 0.1) is 10.4 Å². The Kier molecular flexibility index (Phi) is 4.33. The molecule has 6 heteroatoms. The van der Waals surface area contributed by atoms with Gasteiger partial charge in [0.15, 0.2) is 15.8 Å². The minimum atomic E-state index is -3.18. The van der Waals surface area contributed by atoms with Crippen molar-refractivity contribution in [3.63, 3.8) is 0 Å². The molecule has 0 amide bonds. The van der Waals surface area contributed by atoms with E-state index in [-0.39, 0.29) is 5.54 Å². The Morgan fingerprint density at radius 1 is 1.12 bits per heavy atom. The van der Waals surface area contributed by atoms with E-state index in [4.69, 9.17) is 5.73 Å². The van der Waals surface area contributed by atoms with Crippen LogP contribution >= 0.6 is 0 Å². The highest BCUT2D eigenvalue weighted by Gasteiger charge is 2.31. The van der Waals surface area contributed by atoms with Gasteiger partial charge in [-0.3, -0.25) is 0 Å². The summed E-state index contributed by atoms with van der Waals surface area (Å²) in [6.45, 7) is 2.96. The zero-order valence-corrected chi connectivity index (χ0v) is 15.5. The average molecular weight is 357 g/mol. The van der Waals surface area contributed by atoms with Crippen LogP contribution in [-0.4, -0.2) is 39.1 Å². The van der Waals surface area contributed by atoms with Crippen LogP contribution < -0.4 is 5.73 Å². The second kappa shape index (κ2) is 6.19. The number of nitrogens with two attached hydrogens (primary N) is 1. The van der Waals surface area contributed by atoms with Crippen LogP contribution in [0.4, 0.5) is 0 Å². The van der Waals surface area contributed by atoms with Gasteiger partial charge in [0.1, 0.15) is 0 Å². The zero-order valence-electron chi connectivity index (χ0n) is 14.7. The lowest BCUT2D eigenvalue weighted by atomic mass is 9.86. The summed E-state index contributed by atoms with van der Waals surface area (Å²) in [6.07, 6.45) is 2.10. The van der Waals surface area contributed by atoms with Gasteiger partial charge in [0.2, 0.25) is 0 Å². The van der Waals surface area contributed by atoms with Gasteiger partial charge in [-0.25, -0.2) is 13.4 Å². The molecule has 1 aliphatic rings. The largest absolute Gasteiger partial charge is 0.370 e. The van der Waals surface area contributed by atoms with E-state index in [0.29, 0.717) is 10.9 Å². The van der Waals surface area contributed by atoms with Crippen molar-refractivity contribution >= 4 is 15.8 Å². The Morgan fingerprint density at radius 2 is 1.80 bits per heavy atom. The molecule has 0 saturated heterocycles. The topological polar surface area (TPSA) is 75.8 Å². The van der Waals surface area contributed by atoms with E-state index in [9.17, 15) is 8.42 Å². The Hall–Kier alpha value is -2.34. The maximum Gasteiger partial charge on any atom is 0.191 e. The molecule has 132 valence electrons. The fourth-order valence-electron chi connectivity index (χ4n) is 3.03. The molecule has 1 aliphatic heterocycles. The molecule has 0 saturated carbocycles. The van der Waals surface area contributed by atoms with E-state index < -0.39 is 9.84 Å². The number of sulfone groups is 1. The minimum absolute atomic E-state index is 0.326. The summed E-state index contributed by atoms with van der Waals surface area (Å²) in [7, 11) is -1.24. The maximum atomic E-state index is 11.6. The van der Waals surface area contributed by atoms with Crippen LogP contribution in [0.15, 0.2) is 58.4 Å². The summed E-state index contributed by atoms with van der Waals surface area (Å²) >= 11 is 0. The molecule has 1 heterocycles. The molecule has 3 rings (SSSR count). The second-order valence-corrected chi connectivity index (χ2v) is 8.81. The molecule has 0 aliphatic carbocycles. The van der Waals surface area contributed by atoms with Crippen molar-refractivity contribution < 1.29 is 8.42 Å². The van der Waals surface area contributed by atoms with Crippen molar-refractivity contribution in [2.24, 2.45) is 10.7 Å². The van der Waals surface area contributed by atoms with Crippen molar-refractivity contribution in [2.75, 3.05) is 19.8 Å². The molecule has 0 aromatic heterocycles. The highest BCUT2D eigenvalue weighted by atomic mass is 32.2. The number of guanidine groups is 1. The number of hydrogen-bond donors (Lipinski definition) is 1. The Bertz CT molecular complexity index is 920. The first-order chi connectivity index (χ1) is 11.7. The van der Waals surface area contributed by atoms with Crippen molar-refractivity contribution in [3.8, 4) is 11.1 Å². The Labute approximate surface area is 149 Å². The molecule has 0 fully saturated rings. The first kappa shape index (κ1) is 17.5. The normalized spacial score (nSPS) is 21.1. The first-order valence-corrected chi connectivity index (χ1v) is 10.1. The number of aliphatic imine (C=N–C) groups is 1. The van der Waals surface area contributed by atoms with Gasteiger partial charge in [-0.2, -0.15) is 0 Å². The van der Waals surface area contributed by atoms with E-state index in [1.165, 1.54) is 6.26 Å². The van der Waals surface area contributed by atoms with E-state index in [1.54, 1.807) is 12.1 Å². The van der Waals surface area contributed by atoms with Gasteiger partial charge < -0.3 is 10.6 Å². The van der Waals surface area contributed by atoms with E-state index in [1.807, 2.05) is 36.2 Å². The van der Waals surface area contributed by atoms with Crippen molar-refractivity contribution in [1.29, 1.82) is 0 Å². The first-order valence-electron chi connectivity index (χ1n) is 8.16. The molecular weight excluding hydrogens is 334 g/mol. The summed E-state index contributed by atoms with van der Waals surface area (Å²) in [5.74, 6) is 0.552. The number of hydrogen-bond acceptors (Lipinski definition) is 5. The highest BCUT2D eigenvalue weighted by Crippen LogP contribution is 2.34. The SMILES string of the molecule is CN1CCC(C)(c2cccc(-c3ccc(S(C)(=O)=O)cc3)c2)N=C1N. The molecule has 0 bridgehead atoms. The Balaban J connectivity index is 1.97. The molecule has 2 aromatic rings. The quantitative estimate of drug-likeness (QED) is 0.916. The lowest BCUT2D eigenvalue weighted by molar-refractivity contribution is 0.339. The van der Waals surface area contributed by atoms with Crippen LogP contribution in [0.25, 0.3) is 11.1 Å². The van der Waals surface area contributed by atoms with Crippen LogP contribution in [0.1, 0.15) is 18.9 Å². The summed E-state index contributed by atoms with van der Waals surface area (Å²) in [6, 6.07) is 15.2. The van der Waals surface area contributed by atoms with Gasteiger partial charge in [0.25, 0.3) is 0 Å². The number of nitrogens with zero attached hydrogens (tertiary/aromatic N) is 2. The third kappa shape index (κ3) is 3.54. The molecule has 2 N–H and O–H groups in total. The molecule has 25 heavy (non-hydrogen) atoms. The molecular formula is C19H23N3O2S. The van der Waals surface area contributed by atoms with Crippen LogP contribution in [0.5, 0.6) is 0 Å². The van der Waals surface area contributed by atoms with Crippen molar-refractivity contribution in [2.45, 2.75) is 23.8 Å². The van der Waals surface area contributed by atoms with Crippen molar-refractivity contribution in [1.82, 2.24) is 4.90 Å². The zero-order chi connectivity index (χ0) is 18.2. The second-order valence-electron chi connectivity index (χ2n) is 6.79. The van der Waals surface area contributed by atoms with Crippen LogP contribution in [0.2, 0.25) is 0 Å².